The highest BCUT2D eigenvalue weighted by Crippen LogP contribution is 2.22. The highest BCUT2D eigenvalue weighted by atomic mass is 35.5. The quantitative estimate of drug-likeness (QED) is 0.625. The molecule has 6 heteroatoms. The number of hydrogen-bond acceptors (Lipinski definition) is 3. The zero-order chi connectivity index (χ0) is 21.5. The number of halogens is 1. The van der Waals surface area contributed by atoms with Gasteiger partial charge >= 0.3 is 0 Å². The molecular weight excluding hydrogens is 400 g/mol. The lowest BCUT2D eigenvalue weighted by Gasteiger charge is -2.35. The molecule has 0 N–H and O–H groups in total. The first-order valence-electron chi connectivity index (χ1n) is 10.4. The third-order valence-corrected chi connectivity index (χ3v) is 5.70. The normalized spacial score (nSPS) is 14.0. The molecule has 0 atom stereocenters. The van der Waals surface area contributed by atoms with Gasteiger partial charge in [-0.2, -0.15) is 0 Å². The van der Waals surface area contributed by atoms with Gasteiger partial charge in [-0.1, -0.05) is 41.9 Å². The average molecular weight is 429 g/mol. The van der Waals surface area contributed by atoms with Crippen LogP contribution in [0, 0.1) is 13.8 Å². The number of nitrogens with zero attached hydrogens (tertiary/aromatic N) is 2. The number of carbonyl (C=O) groups is 2. The van der Waals surface area contributed by atoms with E-state index in [2.05, 4.69) is 0 Å². The number of ether oxygens (including phenoxy) is 1. The number of rotatable bonds is 7. The van der Waals surface area contributed by atoms with Gasteiger partial charge in [-0.05, 0) is 49.1 Å². The Morgan fingerprint density at radius 3 is 2.07 bits per heavy atom. The topological polar surface area (TPSA) is 49.9 Å². The van der Waals surface area contributed by atoms with Crippen LogP contribution in [-0.2, 0) is 16.0 Å². The first-order chi connectivity index (χ1) is 14.4. The molecule has 0 radical (unpaired) electrons. The number of carbonyl (C=O) groups excluding carboxylic acids is 2. The van der Waals surface area contributed by atoms with Crippen molar-refractivity contribution in [2.45, 2.75) is 33.1 Å². The molecule has 2 aromatic rings. The standard InChI is InChI=1S/C24H29ClN2O3/c1-18-5-3-6-19(2)24(18)30-16-4-7-22(28)26-12-14-27(15-13-26)23(29)17-20-8-10-21(25)11-9-20/h3,5-6,8-11H,4,7,12-17H2,1-2H3. The van der Waals surface area contributed by atoms with Gasteiger partial charge in [0.2, 0.25) is 11.8 Å². The molecule has 160 valence electrons. The largest absolute Gasteiger partial charge is 0.493 e. The van der Waals surface area contributed by atoms with Crippen LogP contribution in [-0.4, -0.2) is 54.4 Å². The van der Waals surface area contributed by atoms with Crippen molar-refractivity contribution in [2.24, 2.45) is 0 Å². The van der Waals surface area contributed by atoms with Crippen molar-refractivity contribution in [3.63, 3.8) is 0 Å². The van der Waals surface area contributed by atoms with Crippen molar-refractivity contribution in [2.75, 3.05) is 32.8 Å². The molecule has 1 aliphatic heterocycles. The minimum atomic E-state index is 0.0893. The number of aryl methyl sites for hydroxylation is 2. The van der Waals surface area contributed by atoms with E-state index in [0.717, 1.165) is 22.4 Å². The lowest BCUT2D eigenvalue weighted by molar-refractivity contribution is -0.139. The molecule has 2 amide bonds. The molecule has 0 bridgehead atoms. The molecule has 1 heterocycles. The highest BCUT2D eigenvalue weighted by molar-refractivity contribution is 6.30. The molecule has 0 unspecified atom stereocenters. The molecular formula is C24H29ClN2O3. The molecule has 1 fully saturated rings. The van der Waals surface area contributed by atoms with Crippen LogP contribution in [0.15, 0.2) is 42.5 Å². The van der Waals surface area contributed by atoms with E-state index in [4.69, 9.17) is 16.3 Å². The summed E-state index contributed by atoms with van der Waals surface area (Å²) in [4.78, 5) is 28.7. The zero-order valence-corrected chi connectivity index (χ0v) is 18.5. The van der Waals surface area contributed by atoms with Gasteiger partial charge in [0.05, 0.1) is 13.0 Å². The number of hydrogen-bond donors (Lipinski definition) is 0. The number of piperazine rings is 1. The Balaban J connectivity index is 1.37. The van der Waals surface area contributed by atoms with Crippen LogP contribution in [0.3, 0.4) is 0 Å². The lowest BCUT2D eigenvalue weighted by Crippen LogP contribution is -2.51. The Hall–Kier alpha value is -2.53. The predicted molar refractivity (Wildman–Crippen MR) is 119 cm³/mol. The monoisotopic (exact) mass is 428 g/mol. The minimum absolute atomic E-state index is 0.0893. The van der Waals surface area contributed by atoms with Crippen LogP contribution in [0.5, 0.6) is 5.75 Å². The second-order valence-corrected chi connectivity index (χ2v) is 8.17. The Morgan fingerprint density at radius 1 is 0.900 bits per heavy atom. The third kappa shape index (κ3) is 5.99. The second-order valence-electron chi connectivity index (χ2n) is 7.74. The van der Waals surface area contributed by atoms with Gasteiger partial charge in [-0.25, -0.2) is 0 Å². The van der Waals surface area contributed by atoms with Gasteiger partial charge in [-0.3, -0.25) is 9.59 Å². The molecule has 2 aromatic carbocycles. The van der Waals surface area contributed by atoms with Gasteiger partial charge in [0.25, 0.3) is 0 Å². The Bertz CT molecular complexity index is 854. The summed E-state index contributed by atoms with van der Waals surface area (Å²) in [5.74, 6) is 1.13. The predicted octanol–water partition coefficient (Wildman–Crippen LogP) is 4.03. The number of amides is 2. The van der Waals surface area contributed by atoms with E-state index in [1.807, 2.05) is 54.0 Å². The van der Waals surface area contributed by atoms with Crippen LogP contribution in [0.25, 0.3) is 0 Å². The van der Waals surface area contributed by atoms with Crippen LogP contribution < -0.4 is 4.74 Å². The molecule has 0 saturated carbocycles. The summed E-state index contributed by atoms with van der Waals surface area (Å²) >= 11 is 5.89. The fourth-order valence-corrected chi connectivity index (χ4v) is 3.80. The third-order valence-electron chi connectivity index (χ3n) is 5.44. The van der Waals surface area contributed by atoms with Crippen LogP contribution in [0.1, 0.15) is 29.5 Å². The van der Waals surface area contributed by atoms with Crippen molar-refractivity contribution >= 4 is 23.4 Å². The lowest BCUT2D eigenvalue weighted by atomic mass is 10.1. The number of para-hydroxylation sites is 1. The molecule has 1 saturated heterocycles. The Kier molecular flexibility index (Phi) is 7.75. The van der Waals surface area contributed by atoms with Crippen molar-refractivity contribution in [1.82, 2.24) is 9.80 Å². The maximum Gasteiger partial charge on any atom is 0.227 e. The van der Waals surface area contributed by atoms with Crippen molar-refractivity contribution in [3.8, 4) is 5.75 Å². The first kappa shape index (κ1) is 22.2. The first-order valence-corrected chi connectivity index (χ1v) is 10.8. The van der Waals surface area contributed by atoms with Crippen LogP contribution >= 0.6 is 11.6 Å². The smallest absolute Gasteiger partial charge is 0.227 e. The molecule has 5 nitrogen and oxygen atoms in total. The van der Waals surface area contributed by atoms with Crippen molar-refractivity contribution < 1.29 is 14.3 Å². The summed E-state index contributed by atoms with van der Waals surface area (Å²) in [6.45, 7) is 6.92. The summed E-state index contributed by atoms with van der Waals surface area (Å²) < 4.78 is 5.89. The van der Waals surface area contributed by atoms with Crippen LogP contribution in [0.4, 0.5) is 0 Å². The zero-order valence-electron chi connectivity index (χ0n) is 17.7. The van der Waals surface area contributed by atoms with Gasteiger partial charge in [-0.15, -0.1) is 0 Å². The summed E-state index contributed by atoms with van der Waals surface area (Å²) in [5.41, 5.74) is 3.17. The second kappa shape index (κ2) is 10.5. The molecule has 0 aliphatic carbocycles. The van der Waals surface area contributed by atoms with Gasteiger partial charge in [0.1, 0.15) is 5.75 Å². The van der Waals surface area contributed by atoms with E-state index in [-0.39, 0.29) is 11.8 Å². The molecule has 1 aliphatic rings. The highest BCUT2D eigenvalue weighted by Gasteiger charge is 2.23. The van der Waals surface area contributed by atoms with Crippen molar-refractivity contribution in [3.05, 3.63) is 64.2 Å². The van der Waals surface area contributed by atoms with E-state index in [1.54, 1.807) is 12.1 Å². The van der Waals surface area contributed by atoms with E-state index in [9.17, 15) is 9.59 Å². The Labute approximate surface area is 183 Å². The van der Waals surface area contributed by atoms with E-state index in [0.29, 0.717) is 57.1 Å². The molecule has 30 heavy (non-hydrogen) atoms. The summed E-state index contributed by atoms with van der Waals surface area (Å²) in [6.07, 6.45) is 1.51. The fraction of sp³-hybridized carbons (Fsp3) is 0.417. The van der Waals surface area contributed by atoms with Gasteiger partial charge in [0.15, 0.2) is 0 Å². The van der Waals surface area contributed by atoms with Gasteiger partial charge in [0, 0.05) is 37.6 Å². The van der Waals surface area contributed by atoms with Crippen LogP contribution in [0.2, 0.25) is 5.02 Å². The van der Waals surface area contributed by atoms with Crippen molar-refractivity contribution in [1.29, 1.82) is 0 Å². The van der Waals surface area contributed by atoms with E-state index >= 15 is 0 Å². The molecule has 0 aromatic heterocycles. The van der Waals surface area contributed by atoms with Gasteiger partial charge < -0.3 is 14.5 Å². The maximum absolute atomic E-state index is 12.5. The molecule has 0 spiro atoms. The summed E-state index contributed by atoms with van der Waals surface area (Å²) in [6, 6.07) is 13.4. The molecule has 3 rings (SSSR count). The maximum atomic E-state index is 12.5. The summed E-state index contributed by atoms with van der Waals surface area (Å²) in [7, 11) is 0. The SMILES string of the molecule is Cc1cccc(C)c1OCCCC(=O)N1CCN(C(=O)Cc2ccc(Cl)cc2)CC1. The average Bonchev–Trinajstić information content (AvgIpc) is 2.74. The fourth-order valence-electron chi connectivity index (χ4n) is 3.68. The summed E-state index contributed by atoms with van der Waals surface area (Å²) in [5, 5.41) is 0.665. The van der Waals surface area contributed by atoms with E-state index < -0.39 is 0 Å². The minimum Gasteiger partial charge on any atom is -0.493 e. The van der Waals surface area contributed by atoms with E-state index in [1.165, 1.54) is 0 Å². The Morgan fingerprint density at radius 2 is 1.47 bits per heavy atom. The number of benzene rings is 2.